The summed E-state index contributed by atoms with van der Waals surface area (Å²) in [5.41, 5.74) is 6.60. The maximum absolute atomic E-state index is 13.4. The minimum atomic E-state index is -4.73. The van der Waals surface area contributed by atoms with Crippen molar-refractivity contribution in [3.05, 3.63) is 113 Å². The van der Waals surface area contributed by atoms with Gasteiger partial charge in [-0.15, -0.1) is 0 Å². The van der Waals surface area contributed by atoms with Crippen molar-refractivity contribution in [3.63, 3.8) is 0 Å². The summed E-state index contributed by atoms with van der Waals surface area (Å²) >= 11 is 0. The van der Waals surface area contributed by atoms with Gasteiger partial charge in [-0.25, -0.2) is 4.68 Å². The second-order valence-electron chi connectivity index (χ2n) is 7.59. The van der Waals surface area contributed by atoms with Gasteiger partial charge >= 0.3 is 6.18 Å². The molecule has 4 N–H and O–H groups in total. The van der Waals surface area contributed by atoms with Gasteiger partial charge in [-0.2, -0.15) is 18.3 Å². The van der Waals surface area contributed by atoms with Crippen LogP contribution < -0.4 is 11.1 Å². The van der Waals surface area contributed by atoms with E-state index >= 15 is 0 Å². The number of benzene rings is 3. The summed E-state index contributed by atoms with van der Waals surface area (Å²) in [7, 11) is 0. The molecule has 34 heavy (non-hydrogen) atoms. The fraction of sp³-hybridized carbons (Fsp3) is 0.120. The lowest BCUT2D eigenvalue weighted by Crippen LogP contribution is -2.17. The molecule has 1 heterocycles. The SMILES string of the molecule is NCc1cccc(-n2nc(C(F)(F)F)cc2C(=O)Nc2cccc(C(O)c3ccccc3)c2)c1. The molecule has 0 saturated carbocycles. The van der Waals surface area contributed by atoms with E-state index in [1.165, 1.54) is 0 Å². The van der Waals surface area contributed by atoms with Crippen molar-refractivity contribution in [2.75, 3.05) is 5.32 Å². The second-order valence-corrected chi connectivity index (χ2v) is 7.59. The smallest absolute Gasteiger partial charge is 0.384 e. The minimum Gasteiger partial charge on any atom is -0.384 e. The summed E-state index contributed by atoms with van der Waals surface area (Å²) in [6.45, 7) is 0.180. The van der Waals surface area contributed by atoms with Gasteiger partial charge in [0.25, 0.3) is 5.91 Å². The molecule has 0 saturated heterocycles. The molecule has 1 unspecified atom stereocenters. The normalized spacial score (nSPS) is 12.4. The van der Waals surface area contributed by atoms with Crippen molar-refractivity contribution >= 4 is 11.6 Å². The van der Waals surface area contributed by atoms with Crippen LogP contribution in [0.2, 0.25) is 0 Å². The average molecular weight is 466 g/mol. The Morgan fingerprint density at radius 2 is 1.68 bits per heavy atom. The van der Waals surface area contributed by atoms with Gasteiger partial charge in [-0.3, -0.25) is 4.79 Å². The van der Waals surface area contributed by atoms with Gasteiger partial charge < -0.3 is 16.2 Å². The predicted molar refractivity (Wildman–Crippen MR) is 121 cm³/mol. The molecule has 3 aromatic carbocycles. The average Bonchev–Trinajstić information content (AvgIpc) is 3.31. The zero-order chi connectivity index (χ0) is 24.3. The molecule has 174 valence electrons. The van der Waals surface area contributed by atoms with Crippen LogP contribution in [-0.2, 0) is 12.7 Å². The second kappa shape index (κ2) is 9.50. The number of amides is 1. The third-order valence-corrected chi connectivity index (χ3v) is 5.20. The monoisotopic (exact) mass is 466 g/mol. The lowest BCUT2D eigenvalue weighted by molar-refractivity contribution is -0.141. The largest absolute Gasteiger partial charge is 0.435 e. The van der Waals surface area contributed by atoms with Gasteiger partial charge in [-0.1, -0.05) is 54.6 Å². The number of carbonyl (C=O) groups excluding carboxylic acids is 1. The van der Waals surface area contributed by atoms with Gasteiger partial charge in [-0.05, 0) is 41.0 Å². The summed E-state index contributed by atoms with van der Waals surface area (Å²) in [5.74, 6) is -0.785. The lowest BCUT2D eigenvalue weighted by atomic mass is 10.0. The van der Waals surface area contributed by atoms with Crippen LogP contribution in [0.4, 0.5) is 18.9 Å². The molecule has 0 spiro atoms. The number of hydrogen-bond acceptors (Lipinski definition) is 4. The molecule has 0 fully saturated rings. The molecule has 1 aromatic heterocycles. The molecule has 0 aliphatic carbocycles. The minimum absolute atomic E-state index is 0.180. The molecule has 9 heteroatoms. The van der Waals surface area contributed by atoms with E-state index in [-0.39, 0.29) is 17.9 Å². The quantitative estimate of drug-likeness (QED) is 0.385. The van der Waals surface area contributed by atoms with Crippen molar-refractivity contribution in [1.29, 1.82) is 0 Å². The van der Waals surface area contributed by atoms with Crippen LogP contribution in [-0.4, -0.2) is 20.8 Å². The standard InChI is InChI=1S/C25H21F3N4O2/c26-25(27,28)22-14-21(32(31-22)20-11-4-6-16(12-20)15-29)24(34)30-19-10-5-9-18(13-19)23(33)17-7-2-1-3-8-17/h1-14,23,33H,15,29H2,(H,30,34). The number of aliphatic hydroxyl groups excluding tert-OH is 1. The summed E-state index contributed by atoms with van der Waals surface area (Å²) in [6.07, 6.45) is -5.66. The number of nitrogens with one attached hydrogen (secondary N) is 1. The van der Waals surface area contributed by atoms with Gasteiger partial charge in [0, 0.05) is 18.3 Å². The number of carbonyl (C=O) groups is 1. The van der Waals surface area contributed by atoms with Crippen LogP contribution in [0.5, 0.6) is 0 Å². The summed E-state index contributed by atoms with van der Waals surface area (Å²) < 4.78 is 41.1. The molecular formula is C25H21F3N4O2. The summed E-state index contributed by atoms with van der Waals surface area (Å²) in [6, 6.07) is 22.6. The van der Waals surface area contributed by atoms with Crippen molar-refractivity contribution in [1.82, 2.24) is 9.78 Å². The number of nitrogens with two attached hydrogens (primary N) is 1. The number of hydrogen-bond donors (Lipinski definition) is 3. The van der Waals surface area contributed by atoms with Gasteiger partial charge in [0.2, 0.25) is 0 Å². The van der Waals surface area contributed by atoms with Gasteiger partial charge in [0.1, 0.15) is 11.8 Å². The fourth-order valence-corrected chi connectivity index (χ4v) is 3.50. The molecule has 4 rings (SSSR count). The Hall–Kier alpha value is -3.95. The van der Waals surface area contributed by atoms with Gasteiger partial charge in [0.05, 0.1) is 5.69 Å². The number of anilines is 1. The molecule has 0 aliphatic rings. The fourth-order valence-electron chi connectivity index (χ4n) is 3.50. The Balaban J connectivity index is 1.66. The highest BCUT2D eigenvalue weighted by Crippen LogP contribution is 2.30. The van der Waals surface area contributed by atoms with E-state index in [1.54, 1.807) is 72.8 Å². The van der Waals surface area contributed by atoms with Crippen LogP contribution in [0.25, 0.3) is 5.69 Å². The van der Waals surface area contributed by atoms with E-state index in [4.69, 9.17) is 5.73 Å². The summed E-state index contributed by atoms with van der Waals surface area (Å²) in [4.78, 5) is 13.0. The number of halogens is 3. The van der Waals surface area contributed by atoms with Crippen LogP contribution in [0, 0.1) is 0 Å². The van der Waals surface area contributed by atoms with Crippen LogP contribution in [0.3, 0.4) is 0 Å². The van der Waals surface area contributed by atoms with Crippen LogP contribution in [0.15, 0.2) is 84.9 Å². The first-order valence-electron chi connectivity index (χ1n) is 10.4. The van der Waals surface area contributed by atoms with Crippen molar-refractivity contribution in [2.24, 2.45) is 5.73 Å². The van der Waals surface area contributed by atoms with Crippen LogP contribution in [0.1, 0.15) is 39.0 Å². The Bertz CT molecular complexity index is 1300. The van der Waals surface area contributed by atoms with E-state index in [1.807, 2.05) is 6.07 Å². The lowest BCUT2D eigenvalue weighted by Gasteiger charge is -2.14. The zero-order valence-corrected chi connectivity index (χ0v) is 17.8. The van der Waals surface area contributed by atoms with Crippen molar-refractivity contribution in [3.8, 4) is 5.69 Å². The first-order chi connectivity index (χ1) is 16.3. The zero-order valence-electron chi connectivity index (χ0n) is 17.8. The van der Waals surface area contributed by atoms with E-state index < -0.39 is 23.9 Å². The highest BCUT2D eigenvalue weighted by Gasteiger charge is 2.36. The van der Waals surface area contributed by atoms with Crippen molar-refractivity contribution in [2.45, 2.75) is 18.8 Å². The van der Waals surface area contributed by atoms with Crippen LogP contribution >= 0.6 is 0 Å². The number of nitrogens with zero attached hydrogens (tertiary/aromatic N) is 2. The number of aromatic nitrogens is 2. The number of rotatable bonds is 6. The van der Waals surface area contributed by atoms with E-state index in [2.05, 4.69) is 10.4 Å². The third-order valence-electron chi connectivity index (χ3n) is 5.20. The Labute approximate surface area is 193 Å². The van der Waals surface area contributed by atoms with E-state index in [9.17, 15) is 23.1 Å². The number of alkyl halides is 3. The molecule has 0 aliphatic heterocycles. The molecule has 6 nitrogen and oxygen atoms in total. The molecule has 1 atom stereocenters. The predicted octanol–water partition coefficient (Wildman–Crippen LogP) is 4.68. The maximum atomic E-state index is 13.4. The maximum Gasteiger partial charge on any atom is 0.435 e. The first-order valence-corrected chi connectivity index (χ1v) is 10.4. The molecule has 0 radical (unpaired) electrons. The molecule has 4 aromatic rings. The molecule has 1 amide bonds. The van der Waals surface area contributed by atoms with E-state index in [0.29, 0.717) is 28.4 Å². The van der Waals surface area contributed by atoms with Crippen molar-refractivity contribution < 1.29 is 23.1 Å². The molecular weight excluding hydrogens is 445 g/mol. The highest BCUT2D eigenvalue weighted by atomic mass is 19.4. The first kappa shape index (κ1) is 23.2. The molecule has 0 bridgehead atoms. The topological polar surface area (TPSA) is 93.2 Å². The summed E-state index contributed by atoms with van der Waals surface area (Å²) in [5, 5.41) is 16.9. The number of aliphatic hydroxyl groups is 1. The highest BCUT2D eigenvalue weighted by molar-refractivity contribution is 6.03. The Morgan fingerprint density at radius 3 is 2.38 bits per heavy atom. The third kappa shape index (κ3) is 5.00. The Morgan fingerprint density at radius 1 is 0.971 bits per heavy atom. The van der Waals surface area contributed by atoms with E-state index in [0.717, 1.165) is 4.68 Å². The Kier molecular flexibility index (Phi) is 6.49. The van der Waals surface area contributed by atoms with Gasteiger partial charge in [0.15, 0.2) is 5.69 Å².